The van der Waals surface area contributed by atoms with E-state index in [2.05, 4.69) is 20.0 Å². The third-order valence-electron chi connectivity index (χ3n) is 8.04. The van der Waals surface area contributed by atoms with Gasteiger partial charge in [0.25, 0.3) is 5.91 Å². The van der Waals surface area contributed by atoms with Crippen molar-refractivity contribution in [1.82, 2.24) is 19.9 Å². The number of methoxy groups -OCH3 is 1. The SMILES string of the molecule is COc1cc(Cc2cnc(N)nc2N)cc(C=CC(=O)N2N=Cc3ccccc3C2c2ccccc2)c1OCCN1CCOCC1. The van der Waals surface area contributed by atoms with Crippen molar-refractivity contribution in [3.63, 3.8) is 0 Å². The van der Waals surface area contributed by atoms with E-state index in [4.69, 9.17) is 25.7 Å². The average Bonchev–Trinajstić information content (AvgIpc) is 3.09. The van der Waals surface area contributed by atoms with Gasteiger partial charge in [0.2, 0.25) is 5.95 Å². The molecule has 4 aromatic rings. The van der Waals surface area contributed by atoms with Crippen LogP contribution in [0.5, 0.6) is 11.5 Å². The number of nitrogens with two attached hydrogens (primary N) is 2. The van der Waals surface area contributed by atoms with Crippen molar-refractivity contribution in [1.29, 1.82) is 0 Å². The topological polar surface area (TPSA) is 141 Å². The van der Waals surface area contributed by atoms with Gasteiger partial charge in [-0.3, -0.25) is 9.69 Å². The highest BCUT2D eigenvalue weighted by molar-refractivity contribution is 5.95. The second kappa shape index (κ2) is 14.2. The summed E-state index contributed by atoms with van der Waals surface area (Å²) < 4.78 is 17.6. The number of ether oxygens (including phenoxy) is 3. The summed E-state index contributed by atoms with van der Waals surface area (Å²) in [5.74, 6) is 1.21. The molecule has 0 aliphatic carbocycles. The minimum Gasteiger partial charge on any atom is -0.493 e. The van der Waals surface area contributed by atoms with Crippen LogP contribution in [0.4, 0.5) is 11.8 Å². The molecule has 236 valence electrons. The minimum absolute atomic E-state index is 0.113. The molecule has 1 aromatic heterocycles. The van der Waals surface area contributed by atoms with Crippen molar-refractivity contribution in [2.24, 2.45) is 5.10 Å². The van der Waals surface area contributed by atoms with E-state index in [1.54, 1.807) is 25.6 Å². The molecule has 3 heterocycles. The Hall–Kier alpha value is -5.26. The van der Waals surface area contributed by atoms with Crippen molar-refractivity contribution in [3.8, 4) is 11.5 Å². The molecule has 3 aromatic carbocycles. The number of carbonyl (C=O) groups excluding carboxylic acids is 1. The quantitative estimate of drug-likeness (QED) is 0.253. The van der Waals surface area contributed by atoms with Gasteiger partial charge in [0, 0.05) is 55.0 Å². The summed E-state index contributed by atoms with van der Waals surface area (Å²) in [4.78, 5) is 24.4. The lowest BCUT2D eigenvalue weighted by Gasteiger charge is -2.31. The van der Waals surface area contributed by atoms with Crippen molar-refractivity contribution in [2.75, 3.05) is 58.0 Å². The molecule has 2 aliphatic heterocycles. The van der Waals surface area contributed by atoms with E-state index in [0.29, 0.717) is 49.1 Å². The van der Waals surface area contributed by atoms with Gasteiger partial charge in [-0.05, 0) is 34.9 Å². The van der Waals surface area contributed by atoms with Gasteiger partial charge < -0.3 is 25.7 Å². The summed E-state index contributed by atoms with van der Waals surface area (Å²) >= 11 is 0. The highest BCUT2D eigenvalue weighted by atomic mass is 16.5. The molecule has 1 fully saturated rings. The van der Waals surface area contributed by atoms with E-state index in [0.717, 1.165) is 47.5 Å². The lowest BCUT2D eigenvalue weighted by molar-refractivity contribution is -0.127. The Kier molecular flexibility index (Phi) is 9.51. The highest BCUT2D eigenvalue weighted by Crippen LogP contribution is 2.37. The van der Waals surface area contributed by atoms with Gasteiger partial charge in [-0.25, -0.2) is 9.99 Å². The molecule has 2 aliphatic rings. The summed E-state index contributed by atoms with van der Waals surface area (Å²) in [7, 11) is 1.59. The third kappa shape index (κ3) is 7.01. The molecule has 6 rings (SSSR count). The molecule has 0 radical (unpaired) electrons. The van der Waals surface area contributed by atoms with Crippen molar-refractivity contribution < 1.29 is 19.0 Å². The van der Waals surface area contributed by atoms with E-state index in [-0.39, 0.29) is 17.9 Å². The zero-order valence-corrected chi connectivity index (χ0v) is 25.7. The number of morpholine rings is 1. The van der Waals surface area contributed by atoms with E-state index in [9.17, 15) is 4.79 Å². The predicted molar refractivity (Wildman–Crippen MR) is 178 cm³/mol. The van der Waals surface area contributed by atoms with Crippen molar-refractivity contribution >= 4 is 30.0 Å². The summed E-state index contributed by atoms with van der Waals surface area (Å²) in [6, 6.07) is 21.4. The normalized spacial score (nSPS) is 16.4. The average molecular weight is 620 g/mol. The van der Waals surface area contributed by atoms with Crippen LogP contribution in [0.15, 0.2) is 84.1 Å². The van der Waals surface area contributed by atoms with Gasteiger partial charge in [0.15, 0.2) is 11.5 Å². The molecule has 0 bridgehead atoms. The number of anilines is 2. The number of rotatable bonds is 10. The standard InChI is InChI=1S/C35H37N7O4/c1-44-30-21-24(20-28-22-38-35(37)40-34(28)36)19-26(33(30)46-18-15-41-13-16-45-17-14-41)11-12-31(43)42-32(25-7-3-2-4-8-25)29-10-6-5-9-27(29)23-39-42/h2-12,19,21-23,32H,13-18,20H2,1H3,(H4,36,37,38,40). The molecule has 4 N–H and O–H groups in total. The fourth-order valence-corrected chi connectivity index (χ4v) is 5.69. The Morgan fingerprint density at radius 3 is 2.63 bits per heavy atom. The van der Waals surface area contributed by atoms with Crippen molar-refractivity contribution in [2.45, 2.75) is 12.5 Å². The Morgan fingerprint density at radius 2 is 1.85 bits per heavy atom. The van der Waals surface area contributed by atoms with Crippen LogP contribution in [0.3, 0.4) is 0 Å². The van der Waals surface area contributed by atoms with Gasteiger partial charge >= 0.3 is 0 Å². The van der Waals surface area contributed by atoms with Gasteiger partial charge in [-0.15, -0.1) is 0 Å². The lowest BCUT2D eigenvalue weighted by Crippen LogP contribution is -2.38. The monoisotopic (exact) mass is 619 g/mol. The maximum atomic E-state index is 13.9. The highest BCUT2D eigenvalue weighted by Gasteiger charge is 2.30. The summed E-state index contributed by atoms with van der Waals surface area (Å²) in [5.41, 5.74) is 17.1. The number of amides is 1. The van der Waals surface area contributed by atoms with Gasteiger partial charge in [-0.2, -0.15) is 10.1 Å². The fraction of sp³-hybridized carbons (Fsp3) is 0.257. The smallest absolute Gasteiger partial charge is 0.267 e. The fourth-order valence-electron chi connectivity index (χ4n) is 5.69. The van der Waals surface area contributed by atoms with Crippen LogP contribution in [-0.4, -0.2) is 78.6 Å². The number of nitrogen functional groups attached to an aromatic ring is 2. The maximum absolute atomic E-state index is 13.9. The summed E-state index contributed by atoms with van der Waals surface area (Å²) in [5, 5.41) is 6.10. The molecule has 0 saturated carbocycles. The second-order valence-electron chi connectivity index (χ2n) is 11.0. The van der Waals surface area contributed by atoms with Gasteiger partial charge in [0.05, 0.1) is 26.5 Å². The number of carbonyl (C=O) groups is 1. The Labute approximate surface area is 268 Å². The van der Waals surface area contributed by atoms with E-state index in [1.165, 1.54) is 11.1 Å². The molecular formula is C35H37N7O4. The van der Waals surface area contributed by atoms with E-state index >= 15 is 0 Å². The molecule has 1 atom stereocenters. The van der Waals surface area contributed by atoms with Crippen LogP contribution in [0.2, 0.25) is 0 Å². The van der Waals surface area contributed by atoms with Crippen molar-refractivity contribution in [3.05, 3.63) is 112 Å². The largest absolute Gasteiger partial charge is 0.493 e. The lowest BCUT2D eigenvalue weighted by atomic mass is 9.93. The second-order valence-corrected chi connectivity index (χ2v) is 11.0. The Bertz CT molecular complexity index is 1740. The van der Waals surface area contributed by atoms with Crippen LogP contribution in [0.25, 0.3) is 6.08 Å². The Balaban J connectivity index is 1.32. The molecule has 1 amide bonds. The minimum atomic E-state index is -0.377. The number of benzene rings is 3. The first-order chi connectivity index (χ1) is 22.5. The Morgan fingerprint density at radius 1 is 1.07 bits per heavy atom. The first kappa shape index (κ1) is 30.8. The predicted octanol–water partition coefficient (Wildman–Crippen LogP) is 3.93. The van der Waals surface area contributed by atoms with Crippen LogP contribution in [0.1, 0.15) is 39.4 Å². The van der Waals surface area contributed by atoms with Crippen LogP contribution < -0.4 is 20.9 Å². The number of aromatic nitrogens is 2. The van der Waals surface area contributed by atoms with Gasteiger partial charge in [0.1, 0.15) is 18.5 Å². The number of hydrazone groups is 1. The zero-order chi connectivity index (χ0) is 31.9. The first-order valence-corrected chi connectivity index (χ1v) is 15.2. The number of fused-ring (bicyclic) bond motifs is 1. The maximum Gasteiger partial charge on any atom is 0.267 e. The molecule has 1 unspecified atom stereocenters. The van der Waals surface area contributed by atoms with E-state index < -0.39 is 0 Å². The summed E-state index contributed by atoms with van der Waals surface area (Å²) in [6.07, 6.45) is 7.04. The van der Waals surface area contributed by atoms with Crippen LogP contribution in [-0.2, 0) is 16.0 Å². The molecule has 46 heavy (non-hydrogen) atoms. The molecule has 0 spiro atoms. The van der Waals surface area contributed by atoms with Gasteiger partial charge in [-0.1, -0.05) is 54.6 Å². The molecule has 11 nitrogen and oxygen atoms in total. The molecule has 1 saturated heterocycles. The zero-order valence-electron chi connectivity index (χ0n) is 25.7. The number of hydrogen-bond acceptors (Lipinski definition) is 10. The third-order valence-corrected chi connectivity index (χ3v) is 8.04. The molecule has 11 heteroatoms. The summed E-state index contributed by atoms with van der Waals surface area (Å²) in [6.45, 7) is 4.30. The van der Waals surface area contributed by atoms with Crippen LogP contribution in [0, 0.1) is 0 Å². The van der Waals surface area contributed by atoms with Crippen LogP contribution >= 0.6 is 0 Å². The number of nitrogens with zero attached hydrogens (tertiary/aromatic N) is 5. The first-order valence-electron chi connectivity index (χ1n) is 15.2. The molecular weight excluding hydrogens is 582 g/mol. The van der Waals surface area contributed by atoms with E-state index in [1.807, 2.05) is 66.7 Å². The number of hydrogen-bond donors (Lipinski definition) is 2.